The van der Waals surface area contributed by atoms with E-state index in [-0.39, 0.29) is 23.8 Å². The largest absolute Gasteiger partial charge is 0.496 e. The molecule has 116 valence electrons. The first-order chi connectivity index (χ1) is 10.4. The molecule has 1 aromatic carbocycles. The summed E-state index contributed by atoms with van der Waals surface area (Å²) in [6.45, 7) is 2.00. The number of rotatable bonds is 5. The number of methoxy groups -OCH3 is 1. The summed E-state index contributed by atoms with van der Waals surface area (Å²) in [5.74, 6) is -1.27. The Morgan fingerprint density at radius 2 is 2.09 bits per heavy atom. The summed E-state index contributed by atoms with van der Waals surface area (Å²) in [5.41, 5.74) is 1.62. The van der Waals surface area contributed by atoms with Crippen molar-refractivity contribution in [2.24, 2.45) is 7.05 Å². The van der Waals surface area contributed by atoms with Gasteiger partial charge in [-0.25, -0.2) is 9.78 Å². The molecule has 7 nitrogen and oxygen atoms in total. The summed E-state index contributed by atoms with van der Waals surface area (Å²) in [4.78, 5) is 27.6. The van der Waals surface area contributed by atoms with Crippen LogP contribution >= 0.6 is 0 Å². The van der Waals surface area contributed by atoms with Gasteiger partial charge in [-0.05, 0) is 24.6 Å². The number of aromatic carboxylic acids is 1. The van der Waals surface area contributed by atoms with Crippen LogP contribution in [0.5, 0.6) is 5.75 Å². The zero-order valence-corrected chi connectivity index (χ0v) is 12.6. The number of carbonyl (C=O) groups is 2. The monoisotopic (exact) mass is 303 g/mol. The van der Waals surface area contributed by atoms with Crippen LogP contribution < -0.4 is 10.1 Å². The lowest BCUT2D eigenvalue weighted by Crippen LogP contribution is -2.24. The van der Waals surface area contributed by atoms with Crippen molar-refractivity contribution in [2.75, 3.05) is 7.11 Å². The second-order valence-electron chi connectivity index (χ2n) is 4.89. The lowest BCUT2D eigenvalue weighted by molar-refractivity contribution is 0.0693. The average Bonchev–Trinajstić information content (AvgIpc) is 2.89. The highest BCUT2D eigenvalue weighted by Gasteiger charge is 2.18. The fourth-order valence-corrected chi connectivity index (χ4v) is 2.09. The molecule has 0 aliphatic rings. The van der Waals surface area contributed by atoms with E-state index < -0.39 is 5.97 Å². The number of carboxylic acids is 1. The third kappa shape index (κ3) is 3.25. The van der Waals surface area contributed by atoms with Gasteiger partial charge in [0.25, 0.3) is 5.91 Å². The van der Waals surface area contributed by atoms with Crippen LogP contribution in [0.2, 0.25) is 0 Å². The minimum absolute atomic E-state index is 0.0453. The van der Waals surface area contributed by atoms with Crippen LogP contribution in [0.1, 0.15) is 32.0 Å². The number of carbonyl (C=O) groups excluding carboxylic acids is 1. The zero-order chi connectivity index (χ0) is 16.3. The van der Waals surface area contributed by atoms with Crippen molar-refractivity contribution < 1.29 is 19.4 Å². The van der Waals surface area contributed by atoms with Gasteiger partial charge in [0.05, 0.1) is 25.7 Å². The van der Waals surface area contributed by atoms with E-state index in [0.29, 0.717) is 11.1 Å². The molecule has 1 amide bonds. The van der Waals surface area contributed by atoms with E-state index in [1.54, 1.807) is 30.1 Å². The molecule has 1 heterocycles. The summed E-state index contributed by atoms with van der Waals surface area (Å²) >= 11 is 0. The van der Waals surface area contributed by atoms with Crippen LogP contribution in [0.4, 0.5) is 0 Å². The number of benzene rings is 1. The second kappa shape index (κ2) is 6.30. The number of ether oxygens (including phenoxy) is 1. The molecule has 0 fully saturated rings. The Labute approximate surface area is 127 Å². The first-order valence-corrected chi connectivity index (χ1v) is 6.59. The number of carboxylic acid groups (broad SMARTS) is 1. The van der Waals surface area contributed by atoms with Gasteiger partial charge in [0.2, 0.25) is 0 Å². The van der Waals surface area contributed by atoms with Gasteiger partial charge in [-0.15, -0.1) is 0 Å². The van der Waals surface area contributed by atoms with Gasteiger partial charge in [-0.1, -0.05) is 0 Å². The number of aryl methyl sites for hydroxylation is 2. The smallest absolute Gasteiger partial charge is 0.339 e. The number of nitrogens with one attached hydrogen (secondary N) is 1. The molecule has 22 heavy (non-hydrogen) atoms. The molecule has 1 aromatic heterocycles. The Balaban J connectivity index is 2.21. The summed E-state index contributed by atoms with van der Waals surface area (Å²) in [5, 5.41) is 11.9. The van der Waals surface area contributed by atoms with E-state index in [1.807, 2.05) is 7.05 Å². The van der Waals surface area contributed by atoms with Crippen LogP contribution in [-0.2, 0) is 13.6 Å². The fourth-order valence-electron chi connectivity index (χ4n) is 2.09. The van der Waals surface area contributed by atoms with E-state index in [1.165, 1.54) is 13.2 Å². The molecule has 7 heteroatoms. The van der Waals surface area contributed by atoms with E-state index in [9.17, 15) is 14.7 Å². The highest BCUT2D eigenvalue weighted by Crippen LogP contribution is 2.23. The lowest BCUT2D eigenvalue weighted by Gasteiger charge is -2.11. The third-order valence-corrected chi connectivity index (χ3v) is 3.21. The van der Waals surface area contributed by atoms with Gasteiger partial charge in [0.15, 0.2) is 0 Å². The zero-order valence-electron chi connectivity index (χ0n) is 12.6. The SMILES string of the molecule is COc1cc(C)c(C(=O)NCc2cn(C)cn2)cc1C(=O)O. The molecule has 2 rings (SSSR count). The Hall–Kier alpha value is -2.83. The molecule has 0 saturated heterocycles. The quantitative estimate of drug-likeness (QED) is 0.870. The summed E-state index contributed by atoms with van der Waals surface area (Å²) in [6.07, 6.45) is 3.44. The van der Waals surface area contributed by atoms with Crippen LogP contribution in [-0.4, -0.2) is 33.6 Å². The molecular weight excluding hydrogens is 286 g/mol. The van der Waals surface area contributed by atoms with Crippen molar-refractivity contribution >= 4 is 11.9 Å². The molecule has 0 spiro atoms. The van der Waals surface area contributed by atoms with E-state index in [2.05, 4.69) is 10.3 Å². The van der Waals surface area contributed by atoms with Crippen LogP contribution in [0.15, 0.2) is 24.7 Å². The Morgan fingerprint density at radius 1 is 1.36 bits per heavy atom. The number of hydrogen-bond donors (Lipinski definition) is 2. The van der Waals surface area contributed by atoms with E-state index in [0.717, 1.165) is 5.69 Å². The maximum absolute atomic E-state index is 12.2. The topological polar surface area (TPSA) is 93.5 Å². The van der Waals surface area contributed by atoms with Crippen molar-refractivity contribution in [3.8, 4) is 5.75 Å². The summed E-state index contributed by atoms with van der Waals surface area (Å²) in [6, 6.07) is 2.86. The normalized spacial score (nSPS) is 10.3. The van der Waals surface area contributed by atoms with Gasteiger partial charge in [0.1, 0.15) is 11.3 Å². The van der Waals surface area contributed by atoms with Crippen molar-refractivity contribution in [2.45, 2.75) is 13.5 Å². The van der Waals surface area contributed by atoms with E-state index in [4.69, 9.17) is 4.74 Å². The van der Waals surface area contributed by atoms with Gasteiger partial charge in [-0.3, -0.25) is 4.79 Å². The minimum atomic E-state index is -1.14. The average molecular weight is 303 g/mol. The highest BCUT2D eigenvalue weighted by atomic mass is 16.5. The molecular formula is C15H17N3O4. The molecule has 0 radical (unpaired) electrons. The van der Waals surface area contributed by atoms with Crippen LogP contribution in [0, 0.1) is 6.92 Å². The molecule has 2 aromatic rings. The number of hydrogen-bond acceptors (Lipinski definition) is 4. The fraction of sp³-hybridized carbons (Fsp3) is 0.267. The van der Waals surface area contributed by atoms with Gasteiger partial charge in [-0.2, -0.15) is 0 Å². The second-order valence-corrected chi connectivity index (χ2v) is 4.89. The van der Waals surface area contributed by atoms with Crippen molar-refractivity contribution in [1.82, 2.24) is 14.9 Å². The summed E-state index contributed by atoms with van der Waals surface area (Å²) in [7, 11) is 3.23. The predicted octanol–water partition coefficient (Wildman–Crippen LogP) is 1.37. The standard InChI is InChI=1S/C15H17N3O4/c1-9-4-13(22-3)12(15(20)21)5-11(9)14(19)16-6-10-7-18(2)8-17-10/h4-5,7-8H,6H2,1-3H3,(H,16,19)(H,20,21). The van der Waals surface area contributed by atoms with Crippen LogP contribution in [0.3, 0.4) is 0 Å². The number of nitrogens with zero attached hydrogens (tertiary/aromatic N) is 2. The van der Waals surface area contributed by atoms with Crippen molar-refractivity contribution in [1.29, 1.82) is 0 Å². The first kappa shape index (κ1) is 15.6. The highest BCUT2D eigenvalue weighted by molar-refractivity contribution is 6.00. The van der Waals surface area contributed by atoms with Gasteiger partial charge >= 0.3 is 5.97 Å². The van der Waals surface area contributed by atoms with Crippen molar-refractivity contribution in [3.63, 3.8) is 0 Å². The molecule has 0 unspecified atom stereocenters. The predicted molar refractivity (Wildman–Crippen MR) is 79.1 cm³/mol. The maximum atomic E-state index is 12.2. The van der Waals surface area contributed by atoms with Crippen LogP contribution in [0.25, 0.3) is 0 Å². The molecule has 0 saturated carbocycles. The molecule has 2 N–H and O–H groups in total. The Kier molecular flexibility index (Phi) is 4.45. The maximum Gasteiger partial charge on any atom is 0.339 e. The Morgan fingerprint density at radius 3 is 2.64 bits per heavy atom. The van der Waals surface area contributed by atoms with Gasteiger partial charge in [0, 0.05) is 18.8 Å². The molecule has 0 aliphatic carbocycles. The molecule has 0 atom stereocenters. The number of imidazole rings is 1. The first-order valence-electron chi connectivity index (χ1n) is 6.59. The van der Waals surface area contributed by atoms with Gasteiger partial charge < -0.3 is 19.7 Å². The Bertz CT molecular complexity index is 722. The number of aromatic nitrogens is 2. The van der Waals surface area contributed by atoms with E-state index >= 15 is 0 Å². The van der Waals surface area contributed by atoms with Crippen molar-refractivity contribution in [3.05, 3.63) is 47.0 Å². The number of amides is 1. The summed E-state index contributed by atoms with van der Waals surface area (Å²) < 4.78 is 6.81. The minimum Gasteiger partial charge on any atom is -0.496 e. The third-order valence-electron chi connectivity index (χ3n) is 3.21. The molecule has 0 bridgehead atoms. The molecule has 0 aliphatic heterocycles. The lowest BCUT2D eigenvalue weighted by atomic mass is 10.0.